The van der Waals surface area contributed by atoms with E-state index in [1.807, 2.05) is 24.3 Å². The highest BCUT2D eigenvalue weighted by Gasteiger charge is 2.14. The molecule has 1 unspecified atom stereocenters. The van der Waals surface area contributed by atoms with Crippen LogP contribution in [-0.2, 0) is 0 Å². The molecule has 0 aromatic heterocycles. The van der Waals surface area contributed by atoms with E-state index in [-0.39, 0.29) is 5.78 Å². The molecule has 1 atom stereocenters. The summed E-state index contributed by atoms with van der Waals surface area (Å²) in [5, 5.41) is 0.409. The highest BCUT2D eigenvalue weighted by Crippen LogP contribution is 2.25. The largest absolute Gasteiger partial charge is 0.397 e. The van der Waals surface area contributed by atoms with Crippen LogP contribution >= 0.6 is 11.6 Å². The number of para-hydroxylation sites is 1. The van der Waals surface area contributed by atoms with Crippen LogP contribution in [0.4, 0.5) is 5.69 Å². The Kier molecular flexibility index (Phi) is 4.46. The van der Waals surface area contributed by atoms with Crippen LogP contribution in [0.25, 0.3) is 0 Å². The summed E-state index contributed by atoms with van der Waals surface area (Å²) in [6.07, 6.45) is 1.08. The predicted octanol–water partition coefficient (Wildman–Crippen LogP) is 4.67. The third-order valence-electron chi connectivity index (χ3n) is 3.65. The Bertz CT molecular complexity index is 619. The Morgan fingerprint density at radius 3 is 2.45 bits per heavy atom. The lowest BCUT2D eigenvalue weighted by Gasteiger charge is -2.10. The van der Waals surface area contributed by atoms with Gasteiger partial charge in [-0.2, -0.15) is 0 Å². The summed E-state index contributed by atoms with van der Waals surface area (Å²) in [5.41, 5.74) is 8.53. The van der Waals surface area contributed by atoms with Gasteiger partial charge in [0.15, 0.2) is 5.78 Å². The number of hydrogen-bond donors (Lipinski definition) is 1. The standard InChI is InChI=1S/C17H18ClNO/c1-3-11(2)12-7-9-13(10-8-12)17(20)14-5-4-6-15(18)16(14)19/h4-11H,3,19H2,1-2H3. The zero-order chi connectivity index (χ0) is 14.7. The fourth-order valence-electron chi connectivity index (χ4n) is 2.09. The highest BCUT2D eigenvalue weighted by atomic mass is 35.5. The topological polar surface area (TPSA) is 43.1 Å². The number of nitrogens with two attached hydrogens (primary N) is 1. The molecular formula is C17H18ClNO. The lowest BCUT2D eigenvalue weighted by molar-refractivity contribution is 0.103. The second-order valence-corrected chi connectivity index (χ2v) is 5.37. The van der Waals surface area contributed by atoms with E-state index in [4.69, 9.17) is 17.3 Å². The molecule has 2 aromatic rings. The zero-order valence-corrected chi connectivity index (χ0v) is 12.4. The van der Waals surface area contributed by atoms with E-state index in [0.717, 1.165) is 6.42 Å². The summed E-state index contributed by atoms with van der Waals surface area (Å²) < 4.78 is 0. The van der Waals surface area contributed by atoms with Crippen molar-refractivity contribution in [3.8, 4) is 0 Å². The van der Waals surface area contributed by atoms with Gasteiger partial charge in [-0.3, -0.25) is 4.79 Å². The number of hydrogen-bond acceptors (Lipinski definition) is 2. The average molecular weight is 288 g/mol. The van der Waals surface area contributed by atoms with Crippen molar-refractivity contribution in [3.05, 3.63) is 64.2 Å². The maximum absolute atomic E-state index is 12.4. The molecule has 0 bridgehead atoms. The number of halogens is 1. The first kappa shape index (κ1) is 14.6. The van der Waals surface area contributed by atoms with Gasteiger partial charge in [0.2, 0.25) is 0 Å². The SMILES string of the molecule is CCC(C)c1ccc(C(=O)c2cccc(Cl)c2N)cc1. The molecule has 20 heavy (non-hydrogen) atoms. The van der Waals surface area contributed by atoms with Crippen molar-refractivity contribution < 1.29 is 4.79 Å². The monoisotopic (exact) mass is 287 g/mol. The number of anilines is 1. The normalized spacial score (nSPS) is 12.2. The van der Waals surface area contributed by atoms with Gasteiger partial charge in [-0.1, -0.05) is 55.8 Å². The maximum Gasteiger partial charge on any atom is 0.195 e. The van der Waals surface area contributed by atoms with Crippen LogP contribution in [-0.4, -0.2) is 5.78 Å². The summed E-state index contributed by atoms with van der Waals surface area (Å²) >= 11 is 5.95. The quantitative estimate of drug-likeness (QED) is 0.656. The number of carbonyl (C=O) groups excluding carboxylic acids is 1. The van der Waals surface area contributed by atoms with E-state index in [9.17, 15) is 4.79 Å². The van der Waals surface area contributed by atoms with Crippen LogP contribution in [0.15, 0.2) is 42.5 Å². The van der Waals surface area contributed by atoms with Crippen LogP contribution in [0, 0.1) is 0 Å². The van der Waals surface area contributed by atoms with Gasteiger partial charge in [-0.25, -0.2) is 0 Å². The van der Waals surface area contributed by atoms with Crippen LogP contribution in [0.2, 0.25) is 5.02 Å². The summed E-state index contributed by atoms with van der Waals surface area (Å²) in [5.74, 6) is 0.399. The van der Waals surface area contributed by atoms with E-state index in [1.165, 1.54) is 5.56 Å². The number of rotatable bonds is 4. The van der Waals surface area contributed by atoms with Crippen molar-refractivity contribution in [2.75, 3.05) is 5.73 Å². The van der Waals surface area contributed by atoms with Gasteiger partial charge in [0.1, 0.15) is 0 Å². The highest BCUT2D eigenvalue weighted by molar-refractivity contribution is 6.34. The Morgan fingerprint density at radius 2 is 1.85 bits per heavy atom. The molecule has 0 fully saturated rings. The molecule has 0 amide bonds. The molecule has 2 aromatic carbocycles. The Morgan fingerprint density at radius 1 is 1.20 bits per heavy atom. The molecule has 0 aliphatic heterocycles. The van der Waals surface area contributed by atoms with Gasteiger partial charge in [0.05, 0.1) is 10.7 Å². The lowest BCUT2D eigenvalue weighted by atomic mass is 9.95. The van der Waals surface area contributed by atoms with Gasteiger partial charge in [0, 0.05) is 11.1 Å². The second-order valence-electron chi connectivity index (χ2n) is 4.96. The number of benzene rings is 2. The molecule has 0 saturated heterocycles. The molecule has 2 N–H and O–H groups in total. The Balaban J connectivity index is 2.32. The van der Waals surface area contributed by atoms with Crippen molar-refractivity contribution >= 4 is 23.1 Å². The van der Waals surface area contributed by atoms with Crippen LogP contribution in [0.1, 0.15) is 47.7 Å². The summed E-state index contributed by atoms with van der Waals surface area (Å²) in [4.78, 5) is 12.4. The third-order valence-corrected chi connectivity index (χ3v) is 3.98. The fraction of sp³-hybridized carbons (Fsp3) is 0.235. The van der Waals surface area contributed by atoms with Crippen molar-refractivity contribution in [1.29, 1.82) is 0 Å². The van der Waals surface area contributed by atoms with E-state index < -0.39 is 0 Å². The van der Waals surface area contributed by atoms with E-state index in [1.54, 1.807) is 18.2 Å². The molecule has 0 radical (unpaired) electrons. The number of ketones is 1. The van der Waals surface area contributed by atoms with Crippen molar-refractivity contribution in [2.45, 2.75) is 26.2 Å². The Labute approximate surface area is 124 Å². The van der Waals surface area contributed by atoms with Crippen molar-refractivity contribution in [1.82, 2.24) is 0 Å². The minimum atomic E-state index is -0.0966. The molecule has 0 aliphatic rings. The molecule has 0 aliphatic carbocycles. The first-order valence-electron chi connectivity index (χ1n) is 6.73. The third kappa shape index (κ3) is 2.86. The molecule has 0 saturated carbocycles. The van der Waals surface area contributed by atoms with E-state index in [0.29, 0.717) is 27.8 Å². The Hall–Kier alpha value is -1.80. The fourth-order valence-corrected chi connectivity index (χ4v) is 2.26. The number of carbonyl (C=O) groups is 1. The van der Waals surface area contributed by atoms with Crippen LogP contribution in [0.3, 0.4) is 0 Å². The molecule has 104 valence electrons. The minimum Gasteiger partial charge on any atom is -0.397 e. The number of nitrogen functional groups attached to an aromatic ring is 1. The molecule has 2 rings (SSSR count). The predicted molar refractivity (Wildman–Crippen MR) is 84.4 cm³/mol. The molecule has 3 heteroatoms. The second kappa shape index (κ2) is 6.10. The smallest absolute Gasteiger partial charge is 0.195 e. The zero-order valence-electron chi connectivity index (χ0n) is 11.7. The van der Waals surface area contributed by atoms with Crippen molar-refractivity contribution in [2.24, 2.45) is 0 Å². The van der Waals surface area contributed by atoms with Crippen LogP contribution < -0.4 is 5.73 Å². The summed E-state index contributed by atoms with van der Waals surface area (Å²) in [6.45, 7) is 4.32. The van der Waals surface area contributed by atoms with Gasteiger partial charge >= 0.3 is 0 Å². The van der Waals surface area contributed by atoms with E-state index >= 15 is 0 Å². The first-order valence-corrected chi connectivity index (χ1v) is 7.11. The van der Waals surface area contributed by atoms with Gasteiger partial charge in [0.25, 0.3) is 0 Å². The molecule has 2 nitrogen and oxygen atoms in total. The van der Waals surface area contributed by atoms with Gasteiger partial charge in [-0.05, 0) is 30.0 Å². The summed E-state index contributed by atoms with van der Waals surface area (Å²) in [6, 6.07) is 12.8. The lowest BCUT2D eigenvalue weighted by Crippen LogP contribution is -2.06. The van der Waals surface area contributed by atoms with Gasteiger partial charge < -0.3 is 5.73 Å². The first-order chi connectivity index (χ1) is 9.54. The molecule has 0 spiro atoms. The maximum atomic E-state index is 12.4. The van der Waals surface area contributed by atoms with Gasteiger partial charge in [-0.15, -0.1) is 0 Å². The summed E-state index contributed by atoms with van der Waals surface area (Å²) in [7, 11) is 0. The van der Waals surface area contributed by atoms with Crippen LogP contribution in [0.5, 0.6) is 0 Å². The van der Waals surface area contributed by atoms with E-state index in [2.05, 4.69) is 13.8 Å². The molecular weight excluding hydrogens is 270 g/mol. The minimum absolute atomic E-state index is 0.0966. The average Bonchev–Trinajstić information content (AvgIpc) is 2.48. The van der Waals surface area contributed by atoms with Crippen molar-refractivity contribution in [3.63, 3.8) is 0 Å². The molecule has 0 heterocycles.